The Morgan fingerprint density at radius 3 is 2.25 bits per heavy atom. The van der Waals surface area contributed by atoms with Crippen molar-refractivity contribution in [3.05, 3.63) is 37.0 Å². The Morgan fingerprint density at radius 2 is 1.69 bits per heavy atom. The van der Waals surface area contributed by atoms with Crippen molar-refractivity contribution in [1.29, 1.82) is 0 Å². The van der Waals surface area contributed by atoms with Gasteiger partial charge in [-0.15, -0.1) is 0 Å². The number of ether oxygens (including phenoxy) is 2. The van der Waals surface area contributed by atoms with Crippen LogP contribution in [-0.4, -0.2) is 48.3 Å². The number of hydrogen-bond donors (Lipinski definition) is 2. The van der Waals surface area contributed by atoms with Crippen molar-refractivity contribution in [2.24, 2.45) is 23.7 Å². The fourth-order valence-electron chi connectivity index (χ4n) is 4.24. The monoisotopic (exact) mass is 753 g/mol. The van der Waals surface area contributed by atoms with Gasteiger partial charge in [0.05, 0.1) is 23.1 Å². The molecule has 0 radical (unpaired) electrons. The number of alkyl halides is 2. The van der Waals surface area contributed by atoms with Gasteiger partial charge >= 0.3 is 27.3 Å². The average molecular weight is 753 g/mol. The number of carbonyl (C=O) groups excluding carboxylic acids is 3. The van der Waals surface area contributed by atoms with Gasteiger partial charge in [0.2, 0.25) is 5.91 Å². The van der Waals surface area contributed by atoms with Crippen molar-refractivity contribution in [2.75, 3.05) is 11.9 Å². The zero-order valence-corrected chi connectivity index (χ0v) is 24.4. The lowest BCUT2D eigenvalue weighted by atomic mass is 9.82. The zero-order valence-electron chi connectivity index (χ0n) is 19.3. The molecule has 9 nitrogen and oxygen atoms in total. The van der Waals surface area contributed by atoms with Crippen LogP contribution < -0.4 is 5.32 Å². The van der Waals surface area contributed by atoms with Crippen molar-refractivity contribution < 1.29 is 45.6 Å². The maximum absolute atomic E-state index is 13.6. The van der Waals surface area contributed by atoms with Crippen LogP contribution in [0.5, 0.6) is 0 Å². The molecule has 4 atom stereocenters. The minimum absolute atomic E-state index is 0.0316. The number of allylic oxidation sites excluding steroid dienone is 2. The van der Waals surface area contributed by atoms with Crippen molar-refractivity contribution in [1.82, 2.24) is 0 Å². The molecule has 2 bridgehead atoms. The third kappa shape index (κ3) is 6.35. The highest BCUT2D eigenvalue weighted by molar-refractivity contribution is 14.1. The van der Waals surface area contributed by atoms with Gasteiger partial charge in [-0.2, -0.15) is 17.2 Å². The van der Waals surface area contributed by atoms with Gasteiger partial charge in [-0.25, -0.2) is 4.79 Å². The van der Waals surface area contributed by atoms with Crippen molar-refractivity contribution in [2.45, 2.75) is 38.0 Å². The molecule has 1 fully saturated rings. The molecule has 2 aliphatic carbocycles. The number of anilines is 1. The molecular weight excluding hydrogens is 730 g/mol. The summed E-state index contributed by atoms with van der Waals surface area (Å²) in [5.74, 6) is -4.31. The molecule has 1 aromatic carbocycles. The van der Waals surface area contributed by atoms with Gasteiger partial charge in [0.25, 0.3) is 0 Å². The van der Waals surface area contributed by atoms with E-state index in [0.717, 1.165) is 0 Å². The quantitative estimate of drug-likeness (QED) is 0.183. The van der Waals surface area contributed by atoms with Crippen LogP contribution in [0.25, 0.3) is 0 Å². The number of halogens is 4. The molecule has 198 valence electrons. The fourth-order valence-corrected chi connectivity index (χ4v) is 6.43. The third-order valence-electron chi connectivity index (χ3n) is 5.71. The van der Waals surface area contributed by atoms with Crippen LogP contribution in [0.3, 0.4) is 0 Å². The minimum Gasteiger partial charge on any atom is -0.460 e. The average Bonchev–Trinajstić information content (AvgIpc) is 3.33. The Kier molecular flexibility index (Phi) is 8.42. The second-order valence-electron chi connectivity index (χ2n) is 9.52. The highest BCUT2D eigenvalue weighted by atomic mass is 127. The van der Waals surface area contributed by atoms with E-state index in [1.807, 2.05) is 57.3 Å². The second kappa shape index (κ2) is 10.4. The summed E-state index contributed by atoms with van der Waals surface area (Å²) in [6, 6.07) is 2.89. The van der Waals surface area contributed by atoms with Gasteiger partial charge in [0.15, 0.2) is 6.61 Å². The minimum atomic E-state index is -5.80. The Balaban J connectivity index is 1.87. The van der Waals surface area contributed by atoms with Crippen LogP contribution in [0.15, 0.2) is 24.3 Å². The first kappa shape index (κ1) is 29.2. The molecule has 0 spiro atoms. The van der Waals surface area contributed by atoms with Gasteiger partial charge in [0.1, 0.15) is 5.60 Å². The molecule has 0 aromatic heterocycles. The lowest BCUT2D eigenvalue weighted by molar-refractivity contribution is -0.164. The first-order valence-corrected chi connectivity index (χ1v) is 14.2. The van der Waals surface area contributed by atoms with Gasteiger partial charge in [0, 0.05) is 7.14 Å². The van der Waals surface area contributed by atoms with Crippen LogP contribution in [-0.2, 0) is 29.2 Å². The first-order chi connectivity index (χ1) is 16.4. The maximum Gasteiger partial charge on any atom is 0.402 e. The molecule has 0 heterocycles. The van der Waals surface area contributed by atoms with Crippen LogP contribution >= 0.6 is 45.2 Å². The van der Waals surface area contributed by atoms with Gasteiger partial charge in [-0.3, -0.25) is 14.1 Å². The summed E-state index contributed by atoms with van der Waals surface area (Å²) in [7, 11) is -5.80. The van der Waals surface area contributed by atoms with E-state index in [1.165, 1.54) is 6.07 Å². The molecule has 1 aromatic rings. The largest absolute Gasteiger partial charge is 0.460 e. The molecule has 36 heavy (non-hydrogen) atoms. The number of amides is 1. The van der Waals surface area contributed by atoms with Crippen molar-refractivity contribution in [3.8, 4) is 0 Å². The first-order valence-electron chi connectivity index (χ1n) is 10.6. The van der Waals surface area contributed by atoms with E-state index in [1.54, 1.807) is 26.8 Å². The van der Waals surface area contributed by atoms with E-state index in [2.05, 4.69) is 10.1 Å². The normalized spacial score (nSPS) is 23.4. The topological polar surface area (TPSA) is 136 Å². The van der Waals surface area contributed by atoms with Crippen molar-refractivity contribution >= 4 is 78.8 Å². The van der Waals surface area contributed by atoms with Gasteiger partial charge < -0.3 is 14.8 Å². The molecule has 2 aliphatic rings. The van der Waals surface area contributed by atoms with E-state index in [0.29, 0.717) is 13.6 Å². The van der Waals surface area contributed by atoms with Crippen LogP contribution in [0, 0.1) is 30.8 Å². The summed E-state index contributed by atoms with van der Waals surface area (Å²) < 4.78 is 68.3. The van der Waals surface area contributed by atoms with E-state index in [9.17, 15) is 31.6 Å². The smallest absolute Gasteiger partial charge is 0.402 e. The summed E-state index contributed by atoms with van der Waals surface area (Å²) in [4.78, 5) is 38.9. The fraction of sp³-hybridized carbons (Fsp3) is 0.500. The molecule has 14 heteroatoms. The van der Waals surface area contributed by atoms with Crippen LogP contribution in [0.2, 0.25) is 0 Å². The molecule has 2 N–H and O–H groups in total. The lowest BCUT2D eigenvalue weighted by Gasteiger charge is -2.29. The van der Waals surface area contributed by atoms with Crippen LogP contribution in [0.4, 0.5) is 14.5 Å². The summed E-state index contributed by atoms with van der Waals surface area (Å²) >= 11 is 3.71. The highest BCUT2D eigenvalue weighted by Crippen LogP contribution is 2.49. The number of carbonyl (C=O) groups is 3. The number of rotatable bonds is 7. The summed E-state index contributed by atoms with van der Waals surface area (Å²) in [6.45, 7) is 3.25. The number of nitrogens with one attached hydrogen (secondary N) is 1. The lowest BCUT2D eigenvalue weighted by Crippen LogP contribution is -2.40. The zero-order chi connectivity index (χ0) is 27.2. The Hall–Kier alpha value is -1.40. The third-order valence-corrected chi connectivity index (χ3v) is 8.06. The Labute approximate surface area is 233 Å². The van der Waals surface area contributed by atoms with E-state index in [4.69, 9.17) is 9.29 Å². The number of benzene rings is 1. The molecule has 1 amide bonds. The molecule has 4 unspecified atom stereocenters. The molecular formula is C22H23F2I2NO8S. The predicted octanol–water partition coefficient (Wildman–Crippen LogP) is 4.25. The Bertz CT molecular complexity index is 1230. The van der Waals surface area contributed by atoms with E-state index in [-0.39, 0.29) is 23.1 Å². The summed E-state index contributed by atoms with van der Waals surface area (Å²) in [5.41, 5.74) is -1.08. The van der Waals surface area contributed by atoms with Gasteiger partial charge in [-0.1, -0.05) is 12.2 Å². The van der Waals surface area contributed by atoms with Gasteiger partial charge in [-0.05, 0) is 96.3 Å². The molecule has 0 aliphatic heterocycles. The van der Waals surface area contributed by atoms with E-state index < -0.39 is 57.3 Å². The standard InChI is InChI=1S/C22H23F2I2NO8S/c1-21(2,3)35-20(30)16-11-5-4-10(6-11)15(16)18(28)27-17-13(7-12(25)8-14(17)26)19(29)34-9-22(23,24)36(31,32)33/h4-5,7-8,10-11,15-16H,6,9H2,1-3H3,(H,27,28)(H,31,32,33). The maximum atomic E-state index is 13.6. The predicted molar refractivity (Wildman–Crippen MR) is 141 cm³/mol. The molecule has 3 rings (SSSR count). The Morgan fingerprint density at radius 1 is 1.11 bits per heavy atom. The SMILES string of the molecule is CC(C)(C)OC(=O)C1C2C=CC(C2)C1C(=O)Nc1c(I)cc(I)cc1C(=O)OCC(F)(F)S(=O)(=O)O. The highest BCUT2D eigenvalue weighted by Gasteiger charge is 2.53. The molecule has 0 saturated heterocycles. The number of hydrogen-bond acceptors (Lipinski definition) is 7. The van der Waals surface area contributed by atoms with Crippen LogP contribution in [0.1, 0.15) is 37.6 Å². The summed E-state index contributed by atoms with van der Waals surface area (Å²) in [6.07, 6.45) is 4.34. The van der Waals surface area contributed by atoms with Crippen molar-refractivity contribution in [3.63, 3.8) is 0 Å². The molecule has 1 saturated carbocycles. The second-order valence-corrected chi connectivity index (χ2v) is 13.5. The summed E-state index contributed by atoms with van der Waals surface area (Å²) in [5, 5.41) is -2.07. The number of esters is 2. The number of fused-ring (bicyclic) bond motifs is 2. The van der Waals surface area contributed by atoms with E-state index >= 15 is 0 Å².